The average molecular weight is 535 g/mol. The first-order valence-corrected chi connectivity index (χ1v) is 10.7. The maximum Gasteiger partial charge on any atom is 0.253 e. The summed E-state index contributed by atoms with van der Waals surface area (Å²) < 4.78 is 0. The van der Waals surface area contributed by atoms with Gasteiger partial charge in [-0.2, -0.15) is 0 Å². The molecule has 0 radical (unpaired) electrons. The molecule has 0 spiro atoms. The Morgan fingerprint density at radius 3 is 2.45 bits per heavy atom. The zero-order valence-corrected chi connectivity index (χ0v) is 21.1. The van der Waals surface area contributed by atoms with Gasteiger partial charge in [0.25, 0.3) is 5.91 Å². The monoisotopic (exact) mass is 535 g/mol. The molecule has 1 aliphatic heterocycles. The second kappa shape index (κ2) is 12.7. The van der Waals surface area contributed by atoms with Crippen LogP contribution in [-0.4, -0.2) is 61.9 Å². The lowest BCUT2D eigenvalue weighted by molar-refractivity contribution is 0.0827. The van der Waals surface area contributed by atoms with Crippen molar-refractivity contribution in [3.05, 3.63) is 70.8 Å². The minimum absolute atomic E-state index is 0. The third kappa shape index (κ3) is 7.50. The SMILES string of the molecule is CCNC(=NCc1ccc(C(=O)N(C)C)cc1)NCCN1CCc2ccccc2C1.I. The molecule has 3 rings (SSSR count). The summed E-state index contributed by atoms with van der Waals surface area (Å²) in [5, 5.41) is 6.75. The number of hydrogen-bond donors (Lipinski definition) is 2. The second-order valence-corrected chi connectivity index (χ2v) is 7.81. The Bertz CT molecular complexity index is 867. The number of nitrogens with one attached hydrogen (secondary N) is 2. The number of amides is 1. The summed E-state index contributed by atoms with van der Waals surface area (Å²) in [6.07, 6.45) is 1.12. The minimum atomic E-state index is 0. The van der Waals surface area contributed by atoms with E-state index in [1.807, 2.05) is 24.3 Å². The van der Waals surface area contributed by atoms with E-state index in [1.165, 1.54) is 11.1 Å². The van der Waals surface area contributed by atoms with Gasteiger partial charge in [0.2, 0.25) is 0 Å². The topological polar surface area (TPSA) is 60.0 Å². The molecule has 0 atom stereocenters. The second-order valence-electron chi connectivity index (χ2n) is 7.81. The fourth-order valence-electron chi connectivity index (χ4n) is 3.60. The van der Waals surface area contributed by atoms with Crippen molar-refractivity contribution in [3.63, 3.8) is 0 Å². The molecule has 1 heterocycles. The van der Waals surface area contributed by atoms with E-state index < -0.39 is 0 Å². The van der Waals surface area contributed by atoms with Crippen molar-refractivity contribution in [1.82, 2.24) is 20.4 Å². The first-order valence-electron chi connectivity index (χ1n) is 10.7. The molecule has 1 amide bonds. The van der Waals surface area contributed by atoms with Crippen molar-refractivity contribution >= 4 is 35.8 Å². The van der Waals surface area contributed by atoms with E-state index in [4.69, 9.17) is 4.99 Å². The molecule has 1 aliphatic rings. The zero-order valence-electron chi connectivity index (χ0n) is 18.7. The lowest BCUT2D eigenvalue weighted by atomic mass is 10.00. The normalized spacial score (nSPS) is 13.7. The number of aliphatic imine (C=N–C) groups is 1. The predicted octanol–water partition coefficient (Wildman–Crippen LogP) is 3.12. The maximum atomic E-state index is 12.0. The molecule has 0 unspecified atom stereocenters. The summed E-state index contributed by atoms with van der Waals surface area (Å²) in [4.78, 5) is 20.8. The highest BCUT2D eigenvalue weighted by atomic mass is 127. The van der Waals surface area contributed by atoms with Crippen molar-refractivity contribution in [1.29, 1.82) is 0 Å². The van der Waals surface area contributed by atoms with E-state index in [0.717, 1.165) is 50.7 Å². The molecular formula is C24H34IN5O. The van der Waals surface area contributed by atoms with Gasteiger partial charge in [0.05, 0.1) is 6.54 Å². The molecule has 0 saturated carbocycles. The van der Waals surface area contributed by atoms with E-state index in [1.54, 1.807) is 19.0 Å². The van der Waals surface area contributed by atoms with E-state index in [9.17, 15) is 4.79 Å². The lowest BCUT2D eigenvalue weighted by Crippen LogP contribution is -2.42. The molecule has 7 heteroatoms. The molecule has 0 saturated heterocycles. The van der Waals surface area contributed by atoms with Crippen molar-refractivity contribution < 1.29 is 4.79 Å². The van der Waals surface area contributed by atoms with Gasteiger partial charge >= 0.3 is 0 Å². The van der Waals surface area contributed by atoms with Crippen molar-refractivity contribution in [2.24, 2.45) is 4.99 Å². The van der Waals surface area contributed by atoms with Crippen molar-refractivity contribution in [2.75, 3.05) is 40.3 Å². The van der Waals surface area contributed by atoms with Crippen LogP contribution >= 0.6 is 24.0 Å². The highest BCUT2D eigenvalue weighted by Gasteiger charge is 2.15. The average Bonchev–Trinajstić information content (AvgIpc) is 2.77. The Balaban J connectivity index is 0.00000341. The van der Waals surface area contributed by atoms with Gasteiger partial charge in [-0.05, 0) is 42.2 Å². The van der Waals surface area contributed by atoms with Crippen LogP contribution in [0.1, 0.15) is 34.0 Å². The summed E-state index contributed by atoms with van der Waals surface area (Å²) in [6.45, 7) is 7.42. The van der Waals surface area contributed by atoms with Crippen LogP contribution < -0.4 is 10.6 Å². The standard InChI is InChI=1S/C24H33N5O.HI/c1-4-25-24(27-17-19-9-11-21(12-10-19)23(30)28(2)3)26-14-16-29-15-13-20-7-5-6-8-22(20)18-29;/h5-12H,4,13-18H2,1-3H3,(H2,25,26,27);1H. The first kappa shape index (κ1) is 25.1. The molecular weight excluding hydrogens is 501 g/mol. The number of halogens is 1. The highest BCUT2D eigenvalue weighted by molar-refractivity contribution is 14.0. The van der Waals surface area contributed by atoms with Gasteiger partial charge in [-0.3, -0.25) is 9.69 Å². The Hall–Kier alpha value is -2.13. The van der Waals surface area contributed by atoms with Gasteiger partial charge in [-0.25, -0.2) is 4.99 Å². The summed E-state index contributed by atoms with van der Waals surface area (Å²) in [7, 11) is 3.52. The van der Waals surface area contributed by atoms with Crippen LogP contribution in [0.25, 0.3) is 0 Å². The highest BCUT2D eigenvalue weighted by Crippen LogP contribution is 2.17. The molecule has 0 aromatic heterocycles. The summed E-state index contributed by atoms with van der Waals surface area (Å²) in [5.74, 6) is 0.837. The van der Waals surface area contributed by atoms with E-state index in [-0.39, 0.29) is 29.9 Å². The molecule has 0 bridgehead atoms. The third-order valence-electron chi connectivity index (χ3n) is 5.30. The molecule has 0 fully saturated rings. The summed E-state index contributed by atoms with van der Waals surface area (Å²) in [5.41, 5.74) is 4.70. The molecule has 2 aromatic carbocycles. The number of benzene rings is 2. The fraction of sp³-hybridized carbons (Fsp3) is 0.417. The van der Waals surface area contributed by atoms with Crippen LogP contribution in [0.15, 0.2) is 53.5 Å². The third-order valence-corrected chi connectivity index (χ3v) is 5.30. The summed E-state index contributed by atoms with van der Waals surface area (Å²) in [6, 6.07) is 16.4. The molecule has 6 nitrogen and oxygen atoms in total. The zero-order chi connectivity index (χ0) is 21.3. The molecule has 31 heavy (non-hydrogen) atoms. The number of carbonyl (C=O) groups excluding carboxylic acids is 1. The van der Waals surface area contributed by atoms with Crippen molar-refractivity contribution in [2.45, 2.75) is 26.4 Å². The van der Waals surface area contributed by atoms with E-state index in [2.05, 4.69) is 46.7 Å². The smallest absolute Gasteiger partial charge is 0.253 e. The predicted molar refractivity (Wildman–Crippen MR) is 138 cm³/mol. The Kier molecular flexibility index (Phi) is 10.3. The Morgan fingerprint density at radius 1 is 1.06 bits per heavy atom. The quantitative estimate of drug-likeness (QED) is 0.325. The number of carbonyl (C=O) groups is 1. The van der Waals surface area contributed by atoms with Gasteiger partial charge in [0.1, 0.15) is 0 Å². The van der Waals surface area contributed by atoms with Crippen LogP contribution in [0, 0.1) is 0 Å². The van der Waals surface area contributed by atoms with Gasteiger partial charge in [-0.1, -0.05) is 36.4 Å². The van der Waals surface area contributed by atoms with Crippen LogP contribution in [0.4, 0.5) is 0 Å². The van der Waals surface area contributed by atoms with Crippen molar-refractivity contribution in [3.8, 4) is 0 Å². The Labute approximate surface area is 203 Å². The van der Waals surface area contributed by atoms with Crippen LogP contribution in [0.5, 0.6) is 0 Å². The largest absolute Gasteiger partial charge is 0.357 e. The van der Waals surface area contributed by atoms with Gasteiger partial charge in [0, 0.05) is 52.4 Å². The molecule has 2 N–H and O–H groups in total. The number of fused-ring (bicyclic) bond motifs is 1. The minimum Gasteiger partial charge on any atom is -0.357 e. The lowest BCUT2D eigenvalue weighted by Gasteiger charge is -2.28. The molecule has 0 aliphatic carbocycles. The van der Waals surface area contributed by atoms with Gasteiger partial charge in [0.15, 0.2) is 5.96 Å². The van der Waals surface area contributed by atoms with Gasteiger partial charge < -0.3 is 15.5 Å². The van der Waals surface area contributed by atoms with Gasteiger partial charge in [-0.15, -0.1) is 24.0 Å². The number of guanidine groups is 1. The number of hydrogen-bond acceptors (Lipinski definition) is 3. The van der Waals surface area contributed by atoms with Crippen LogP contribution in [0.2, 0.25) is 0 Å². The first-order chi connectivity index (χ1) is 14.6. The van der Waals surface area contributed by atoms with E-state index >= 15 is 0 Å². The van der Waals surface area contributed by atoms with E-state index in [0.29, 0.717) is 12.1 Å². The maximum absolute atomic E-state index is 12.0. The number of rotatable bonds is 7. The van der Waals surface area contributed by atoms with Crippen LogP contribution in [0.3, 0.4) is 0 Å². The Morgan fingerprint density at radius 2 is 1.77 bits per heavy atom. The van der Waals surface area contributed by atoms with Crippen LogP contribution in [-0.2, 0) is 19.5 Å². The molecule has 168 valence electrons. The summed E-state index contributed by atoms with van der Waals surface area (Å²) >= 11 is 0. The molecule has 2 aromatic rings. The fourth-order valence-corrected chi connectivity index (χ4v) is 3.60. The number of nitrogens with zero attached hydrogens (tertiary/aromatic N) is 3.